The van der Waals surface area contributed by atoms with Crippen LogP contribution in [0.4, 0.5) is 0 Å². The van der Waals surface area contributed by atoms with Crippen LogP contribution in [0, 0.1) is 0 Å². The average molecular weight is 1040 g/mol. The lowest BCUT2D eigenvalue weighted by atomic mass is 10.0. The molecule has 0 saturated heterocycles. The van der Waals surface area contributed by atoms with Gasteiger partial charge in [0, 0.05) is 19.3 Å². The van der Waals surface area contributed by atoms with Crippen molar-refractivity contribution in [2.75, 3.05) is 13.2 Å². The molecule has 74 heavy (non-hydrogen) atoms. The second-order valence-electron chi connectivity index (χ2n) is 23.1. The predicted octanol–water partition coefficient (Wildman–Crippen LogP) is 22.8. The first-order valence-electron chi connectivity index (χ1n) is 33.7. The van der Waals surface area contributed by atoms with E-state index in [1.54, 1.807) is 0 Å². The first kappa shape index (κ1) is 72.2. The molecule has 0 aromatic carbocycles. The van der Waals surface area contributed by atoms with E-state index in [0.29, 0.717) is 19.3 Å². The molecule has 438 valence electrons. The quantitative estimate of drug-likeness (QED) is 0.0261. The molecular weight excluding hydrogens is 913 g/mol. The monoisotopic (exact) mass is 1040 g/mol. The highest BCUT2D eigenvalue weighted by Gasteiger charge is 2.19. The molecule has 0 amide bonds. The summed E-state index contributed by atoms with van der Waals surface area (Å²) in [5.41, 5.74) is 0. The standard InChI is InChI=1S/C68H130O6/c1-4-7-10-13-16-19-22-24-26-28-29-30-31-32-33-34-35-36-37-38-39-40-42-43-46-49-52-55-58-61-67(70)73-64-65(63-72-66(69)60-57-54-51-48-45-21-18-15-12-9-6-3)74-68(71)62-59-56-53-50-47-44-41-27-25-23-20-17-14-11-8-5-2/h28-29,65H,4-27,30-64H2,1-3H3/b29-28-. The van der Waals surface area contributed by atoms with Gasteiger partial charge < -0.3 is 14.2 Å². The number of allylic oxidation sites excluding steroid dienone is 2. The van der Waals surface area contributed by atoms with Crippen LogP contribution in [0.2, 0.25) is 0 Å². The van der Waals surface area contributed by atoms with Crippen molar-refractivity contribution in [3.8, 4) is 0 Å². The van der Waals surface area contributed by atoms with Crippen LogP contribution in [0.15, 0.2) is 12.2 Å². The number of unbranched alkanes of at least 4 members (excludes halogenated alkanes) is 50. The molecule has 0 aromatic rings. The lowest BCUT2D eigenvalue weighted by Crippen LogP contribution is -2.30. The van der Waals surface area contributed by atoms with Gasteiger partial charge >= 0.3 is 17.9 Å². The zero-order valence-electron chi connectivity index (χ0n) is 50.4. The number of rotatable bonds is 63. The Morgan fingerprint density at radius 1 is 0.257 bits per heavy atom. The molecule has 0 aliphatic heterocycles. The molecule has 6 nitrogen and oxygen atoms in total. The minimum atomic E-state index is -0.763. The summed E-state index contributed by atoms with van der Waals surface area (Å²) >= 11 is 0. The number of carbonyl (C=O) groups is 3. The molecule has 0 N–H and O–H groups in total. The van der Waals surface area contributed by atoms with Crippen LogP contribution in [0.3, 0.4) is 0 Å². The number of ether oxygens (including phenoxy) is 3. The fourth-order valence-corrected chi connectivity index (χ4v) is 10.4. The van der Waals surface area contributed by atoms with E-state index >= 15 is 0 Å². The lowest BCUT2D eigenvalue weighted by molar-refractivity contribution is -0.167. The molecule has 1 atom stereocenters. The highest BCUT2D eigenvalue weighted by atomic mass is 16.6. The van der Waals surface area contributed by atoms with E-state index in [9.17, 15) is 14.4 Å². The van der Waals surface area contributed by atoms with Crippen molar-refractivity contribution in [2.24, 2.45) is 0 Å². The molecule has 0 fully saturated rings. The average Bonchev–Trinajstić information content (AvgIpc) is 3.40. The van der Waals surface area contributed by atoms with E-state index in [4.69, 9.17) is 14.2 Å². The number of carbonyl (C=O) groups excluding carboxylic acids is 3. The third-order valence-electron chi connectivity index (χ3n) is 15.5. The fraction of sp³-hybridized carbons (Fsp3) is 0.926. The molecule has 0 rings (SSSR count). The van der Waals surface area contributed by atoms with E-state index in [2.05, 4.69) is 32.9 Å². The van der Waals surface area contributed by atoms with E-state index in [-0.39, 0.29) is 31.1 Å². The summed E-state index contributed by atoms with van der Waals surface area (Å²) in [6.07, 6.45) is 75.3. The van der Waals surface area contributed by atoms with Crippen LogP contribution in [-0.2, 0) is 28.6 Å². The van der Waals surface area contributed by atoms with Crippen LogP contribution >= 0.6 is 0 Å². The Labute approximate surface area is 462 Å². The van der Waals surface area contributed by atoms with Gasteiger partial charge in [0.1, 0.15) is 13.2 Å². The van der Waals surface area contributed by atoms with Crippen molar-refractivity contribution >= 4 is 17.9 Å². The second-order valence-corrected chi connectivity index (χ2v) is 23.1. The molecule has 0 radical (unpaired) electrons. The van der Waals surface area contributed by atoms with Gasteiger partial charge in [0.2, 0.25) is 0 Å². The Morgan fingerprint density at radius 3 is 0.676 bits per heavy atom. The summed E-state index contributed by atoms with van der Waals surface area (Å²) < 4.78 is 16.9. The van der Waals surface area contributed by atoms with Crippen LogP contribution < -0.4 is 0 Å². The summed E-state index contributed by atoms with van der Waals surface area (Å²) in [6, 6.07) is 0. The van der Waals surface area contributed by atoms with Crippen LogP contribution in [0.5, 0.6) is 0 Å². The zero-order chi connectivity index (χ0) is 53.6. The maximum Gasteiger partial charge on any atom is 0.306 e. The van der Waals surface area contributed by atoms with Gasteiger partial charge in [-0.15, -0.1) is 0 Å². The number of hydrogen-bond donors (Lipinski definition) is 0. The second kappa shape index (κ2) is 63.7. The van der Waals surface area contributed by atoms with E-state index in [1.165, 1.54) is 289 Å². The van der Waals surface area contributed by atoms with Crippen molar-refractivity contribution in [1.82, 2.24) is 0 Å². The van der Waals surface area contributed by atoms with Gasteiger partial charge in [0.05, 0.1) is 0 Å². The highest BCUT2D eigenvalue weighted by Crippen LogP contribution is 2.18. The largest absolute Gasteiger partial charge is 0.462 e. The molecule has 0 spiro atoms. The molecule has 0 aromatic heterocycles. The van der Waals surface area contributed by atoms with Crippen molar-refractivity contribution in [2.45, 2.75) is 393 Å². The van der Waals surface area contributed by atoms with Gasteiger partial charge in [-0.3, -0.25) is 14.4 Å². The molecule has 6 heteroatoms. The Kier molecular flexibility index (Phi) is 62.1. The molecule has 0 bridgehead atoms. The van der Waals surface area contributed by atoms with Gasteiger partial charge in [-0.25, -0.2) is 0 Å². The molecule has 0 heterocycles. The van der Waals surface area contributed by atoms with Gasteiger partial charge in [0.15, 0.2) is 6.10 Å². The van der Waals surface area contributed by atoms with Crippen molar-refractivity contribution < 1.29 is 28.6 Å². The molecule has 0 aliphatic rings. The first-order chi connectivity index (χ1) is 36.5. The van der Waals surface area contributed by atoms with Crippen molar-refractivity contribution in [1.29, 1.82) is 0 Å². The zero-order valence-corrected chi connectivity index (χ0v) is 50.4. The van der Waals surface area contributed by atoms with Crippen LogP contribution in [0.1, 0.15) is 387 Å². The maximum atomic E-state index is 12.9. The van der Waals surface area contributed by atoms with E-state index < -0.39 is 6.10 Å². The maximum absolute atomic E-state index is 12.9. The predicted molar refractivity (Wildman–Crippen MR) is 321 cm³/mol. The van der Waals surface area contributed by atoms with Crippen molar-refractivity contribution in [3.63, 3.8) is 0 Å². The van der Waals surface area contributed by atoms with Gasteiger partial charge in [-0.05, 0) is 44.9 Å². The number of hydrogen-bond acceptors (Lipinski definition) is 6. The molecule has 0 saturated carbocycles. The van der Waals surface area contributed by atoms with Gasteiger partial charge in [-0.2, -0.15) is 0 Å². The Hall–Kier alpha value is -1.85. The minimum absolute atomic E-state index is 0.0625. The Morgan fingerprint density at radius 2 is 0.446 bits per heavy atom. The van der Waals surface area contributed by atoms with Gasteiger partial charge in [0.25, 0.3) is 0 Å². The highest BCUT2D eigenvalue weighted by molar-refractivity contribution is 5.71. The number of esters is 3. The van der Waals surface area contributed by atoms with Gasteiger partial charge in [-0.1, -0.05) is 335 Å². The van der Waals surface area contributed by atoms with Crippen LogP contribution in [0.25, 0.3) is 0 Å². The normalized spacial score (nSPS) is 12.0. The first-order valence-corrected chi connectivity index (χ1v) is 33.7. The van der Waals surface area contributed by atoms with Crippen molar-refractivity contribution in [3.05, 3.63) is 12.2 Å². The van der Waals surface area contributed by atoms with Crippen LogP contribution in [-0.4, -0.2) is 37.2 Å². The topological polar surface area (TPSA) is 78.9 Å². The van der Waals surface area contributed by atoms with E-state index in [0.717, 1.165) is 57.8 Å². The lowest BCUT2D eigenvalue weighted by Gasteiger charge is -2.18. The third kappa shape index (κ3) is 61.0. The Balaban J connectivity index is 4.10. The summed E-state index contributed by atoms with van der Waals surface area (Å²) in [4.78, 5) is 38.2. The fourth-order valence-electron chi connectivity index (χ4n) is 10.4. The molecular formula is C68H130O6. The summed E-state index contributed by atoms with van der Waals surface area (Å²) in [5, 5.41) is 0. The minimum Gasteiger partial charge on any atom is -0.462 e. The van der Waals surface area contributed by atoms with E-state index in [1.807, 2.05) is 0 Å². The third-order valence-corrected chi connectivity index (χ3v) is 15.5. The molecule has 1 unspecified atom stereocenters. The summed E-state index contributed by atoms with van der Waals surface area (Å²) in [6.45, 7) is 6.71. The SMILES string of the molecule is CCCCCCCCCC/C=C\CCCCCCCCCCCCCCCCCCCC(=O)OCC(COC(=O)CCCCCCCCCCCCC)OC(=O)CCCCCCCCCCCCCCCCCC. The smallest absolute Gasteiger partial charge is 0.306 e. The summed E-state index contributed by atoms with van der Waals surface area (Å²) in [5.74, 6) is -0.832. The summed E-state index contributed by atoms with van der Waals surface area (Å²) in [7, 11) is 0. The Bertz CT molecular complexity index is 1150. The molecule has 0 aliphatic carbocycles.